The van der Waals surface area contributed by atoms with Gasteiger partial charge in [0.1, 0.15) is 0 Å². The second kappa shape index (κ2) is 4.16. The summed E-state index contributed by atoms with van der Waals surface area (Å²) in [5, 5.41) is 11.0. The van der Waals surface area contributed by atoms with E-state index in [4.69, 9.17) is 0 Å². The topological polar surface area (TPSA) is 35.8 Å². The van der Waals surface area contributed by atoms with Gasteiger partial charge in [0.05, 0.1) is 0 Å². The zero-order valence-electron chi connectivity index (χ0n) is 8.26. The van der Waals surface area contributed by atoms with Crippen molar-refractivity contribution in [1.29, 1.82) is 0 Å². The second-order valence-corrected chi connectivity index (χ2v) is 4.29. The summed E-state index contributed by atoms with van der Waals surface area (Å²) >= 11 is 3.37. The molecule has 0 amide bonds. The molecule has 1 aliphatic rings. The molecule has 0 fully saturated rings. The Kier molecular flexibility index (Phi) is 2.88. The summed E-state index contributed by atoms with van der Waals surface area (Å²) in [6.45, 7) is 1.84. The van der Waals surface area contributed by atoms with Gasteiger partial charge in [-0.05, 0) is 30.7 Å². The fraction of sp³-hybridized carbons (Fsp3) is 0.182. The molecule has 1 heterocycles. The van der Waals surface area contributed by atoms with Crippen molar-refractivity contribution in [3.05, 3.63) is 46.1 Å². The van der Waals surface area contributed by atoms with E-state index in [0.717, 1.165) is 15.7 Å². The van der Waals surface area contributed by atoms with Gasteiger partial charge in [-0.3, -0.25) is 10.2 Å². The minimum atomic E-state index is -0.330. The summed E-state index contributed by atoms with van der Waals surface area (Å²) in [7, 11) is 0. The number of hydroxylamine groups is 2. The summed E-state index contributed by atoms with van der Waals surface area (Å²) in [5.41, 5.74) is 1.75. The standard InChI is InChI=1S/C11H11BrN2O/c1-8-6-7-13-11(14(8)15)9-2-4-10(12)5-3-9/h2-7,11,15H,1H3. The van der Waals surface area contributed by atoms with E-state index in [-0.39, 0.29) is 6.17 Å². The van der Waals surface area contributed by atoms with Crippen LogP contribution in [0.25, 0.3) is 0 Å². The van der Waals surface area contributed by atoms with Crippen LogP contribution >= 0.6 is 15.9 Å². The van der Waals surface area contributed by atoms with Crippen LogP contribution in [0.15, 0.2) is 45.5 Å². The number of nitrogens with zero attached hydrogens (tertiary/aromatic N) is 2. The molecule has 0 spiro atoms. The first-order valence-electron chi connectivity index (χ1n) is 4.62. The minimum Gasteiger partial charge on any atom is -0.286 e. The fourth-order valence-electron chi connectivity index (χ4n) is 1.43. The van der Waals surface area contributed by atoms with Crippen molar-refractivity contribution in [2.75, 3.05) is 0 Å². The predicted molar refractivity (Wildman–Crippen MR) is 62.8 cm³/mol. The lowest BCUT2D eigenvalue weighted by molar-refractivity contribution is -0.0928. The third kappa shape index (κ3) is 2.11. The normalized spacial score (nSPS) is 20.3. The van der Waals surface area contributed by atoms with E-state index >= 15 is 0 Å². The Morgan fingerprint density at radius 3 is 2.67 bits per heavy atom. The van der Waals surface area contributed by atoms with Crippen LogP contribution < -0.4 is 0 Å². The molecule has 1 unspecified atom stereocenters. The predicted octanol–water partition coefficient (Wildman–Crippen LogP) is 3.13. The SMILES string of the molecule is CC1=CC=NC(c2ccc(Br)cc2)N1O. The van der Waals surface area contributed by atoms with Gasteiger partial charge in [-0.1, -0.05) is 28.1 Å². The maximum absolute atomic E-state index is 9.80. The summed E-state index contributed by atoms with van der Waals surface area (Å²) in [4.78, 5) is 4.22. The minimum absolute atomic E-state index is 0.330. The number of rotatable bonds is 1. The number of hydrogen-bond donors (Lipinski definition) is 1. The van der Waals surface area contributed by atoms with Crippen LogP contribution in [0.2, 0.25) is 0 Å². The van der Waals surface area contributed by atoms with Gasteiger partial charge in [-0.2, -0.15) is 0 Å². The molecular weight excluding hydrogens is 256 g/mol. The Bertz CT molecular complexity index is 411. The number of halogens is 1. The summed E-state index contributed by atoms with van der Waals surface area (Å²) in [6, 6.07) is 7.75. The molecule has 1 atom stereocenters. The molecule has 15 heavy (non-hydrogen) atoms. The molecule has 1 aliphatic heterocycles. The summed E-state index contributed by atoms with van der Waals surface area (Å²) < 4.78 is 1.02. The molecule has 0 saturated carbocycles. The van der Waals surface area contributed by atoms with Crippen molar-refractivity contribution in [3.8, 4) is 0 Å². The van der Waals surface area contributed by atoms with E-state index in [9.17, 15) is 5.21 Å². The molecule has 3 nitrogen and oxygen atoms in total. The van der Waals surface area contributed by atoms with E-state index in [0.29, 0.717) is 0 Å². The monoisotopic (exact) mass is 266 g/mol. The summed E-state index contributed by atoms with van der Waals surface area (Å²) in [6.07, 6.45) is 3.16. The lowest BCUT2D eigenvalue weighted by Crippen LogP contribution is -2.24. The van der Waals surface area contributed by atoms with Crippen LogP contribution in [0.5, 0.6) is 0 Å². The van der Waals surface area contributed by atoms with Crippen molar-refractivity contribution in [2.24, 2.45) is 4.99 Å². The van der Waals surface area contributed by atoms with E-state index in [1.54, 1.807) is 12.3 Å². The first-order chi connectivity index (χ1) is 7.18. The molecule has 0 saturated heterocycles. The zero-order valence-corrected chi connectivity index (χ0v) is 9.85. The Labute approximate surface area is 96.8 Å². The number of aliphatic imine (C=N–C) groups is 1. The molecule has 1 N–H and O–H groups in total. The molecule has 4 heteroatoms. The third-order valence-electron chi connectivity index (χ3n) is 2.30. The molecule has 0 aromatic heterocycles. The van der Waals surface area contributed by atoms with Gasteiger partial charge >= 0.3 is 0 Å². The van der Waals surface area contributed by atoms with Gasteiger partial charge in [0.2, 0.25) is 0 Å². The Morgan fingerprint density at radius 1 is 1.33 bits per heavy atom. The van der Waals surface area contributed by atoms with Crippen molar-refractivity contribution < 1.29 is 5.21 Å². The molecular formula is C11H11BrN2O. The van der Waals surface area contributed by atoms with E-state index in [1.807, 2.05) is 31.2 Å². The maximum atomic E-state index is 9.80. The lowest BCUT2D eigenvalue weighted by Gasteiger charge is -2.27. The summed E-state index contributed by atoms with van der Waals surface area (Å²) in [5.74, 6) is 0. The molecule has 1 aromatic rings. The first kappa shape index (κ1) is 10.4. The van der Waals surface area contributed by atoms with Crippen LogP contribution in [0.1, 0.15) is 18.7 Å². The Morgan fingerprint density at radius 2 is 2.00 bits per heavy atom. The average molecular weight is 267 g/mol. The van der Waals surface area contributed by atoms with Gasteiger partial charge in [-0.15, -0.1) is 0 Å². The van der Waals surface area contributed by atoms with Crippen LogP contribution in [0, 0.1) is 0 Å². The highest BCUT2D eigenvalue weighted by Gasteiger charge is 2.19. The quantitative estimate of drug-likeness (QED) is 0.848. The largest absolute Gasteiger partial charge is 0.286 e. The van der Waals surface area contributed by atoms with Crippen molar-refractivity contribution in [1.82, 2.24) is 5.06 Å². The number of benzene rings is 1. The van der Waals surface area contributed by atoms with Crippen LogP contribution in [0.4, 0.5) is 0 Å². The Balaban J connectivity index is 2.29. The van der Waals surface area contributed by atoms with Gasteiger partial charge in [-0.25, -0.2) is 5.06 Å². The van der Waals surface area contributed by atoms with Gasteiger partial charge < -0.3 is 0 Å². The highest BCUT2D eigenvalue weighted by atomic mass is 79.9. The van der Waals surface area contributed by atoms with Gasteiger partial charge in [0.15, 0.2) is 6.17 Å². The first-order valence-corrected chi connectivity index (χ1v) is 5.41. The van der Waals surface area contributed by atoms with Gasteiger partial charge in [0, 0.05) is 16.4 Å². The van der Waals surface area contributed by atoms with Crippen LogP contribution in [0.3, 0.4) is 0 Å². The van der Waals surface area contributed by atoms with E-state index < -0.39 is 0 Å². The van der Waals surface area contributed by atoms with Crippen LogP contribution in [-0.2, 0) is 0 Å². The lowest BCUT2D eigenvalue weighted by atomic mass is 10.1. The van der Waals surface area contributed by atoms with Gasteiger partial charge in [0.25, 0.3) is 0 Å². The molecule has 2 rings (SSSR count). The third-order valence-corrected chi connectivity index (χ3v) is 2.83. The van der Waals surface area contributed by atoms with Crippen LogP contribution in [-0.4, -0.2) is 16.5 Å². The molecule has 78 valence electrons. The average Bonchev–Trinajstić information content (AvgIpc) is 2.24. The number of hydrogen-bond acceptors (Lipinski definition) is 3. The molecule has 1 aromatic carbocycles. The van der Waals surface area contributed by atoms with E-state index in [1.165, 1.54) is 5.06 Å². The van der Waals surface area contributed by atoms with Crippen molar-refractivity contribution in [3.63, 3.8) is 0 Å². The zero-order chi connectivity index (χ0) is 10.8. The molecule has 0 aliphatic carbocycles. The molecule has 0 bridgehead atoms. The fourth-order valence-corrected chi connectivity index (χ4v) is 1.69. The van der Waals surface area contributed by atoms with E-state index in [2.05, 4.69) is 20.9 Å². The highest BCUT2D eigenvalue weighted by Crippen LogP contribution is 2.26. The van der Waals surface area contributed by atoms with Crippen molar-refractivity contribution in [2.45, 2.75) is 13.1 Å². The number of allylic oxidation sites excluding steroid dienone is 2. The second-order valence-electron chi connectivity index (χ2n) is 3.38. The maximum Gasteiger partial charge on any atom is 0.170 e. The Hall–Kier alpha value is -1.13. The smallest absolute Gasteiger partial charge is 0.170 e. The highest BCUT2D eigenvalue weighted by molar-refractivity contribution is 9.10. The molecule has 0 radical (unpaired) electrons. The van der Waals surface area contributed by atoms with Crippen molar-refractivity contribution >= 4 is 22.1 Å².